The van der Waals surface area contributed by atoms with Gasteiger partial charge in [-0.05, 0) is 49.9 Å². The number of allylic oxidation sites excluding steroid dienone is 2. The highest BCUT2D eigenvalue weighted by Gasteiger charge is 2.34. The van der Waals surface area contributed by atoms with Crippen molar-refractivity contribution in [2.24, 2.45) is 0 Å². The van der Waals surface area contributed by atoms with Gasteiger partial charge in [-0.3, -0.25) is 0 Å². The summed E-state index contributed by atoms with van der Waals surface area (Å²) in [6, 6.07) is 21.1. The predicted octanol–water partition coefficient (Wildman–Crippen LogP) is 17.8. The van der Waals surface area contributed by atoms with Gasteiger partial charge in [0.05, 0.1) is 0 Å². The lowest BCUT2D eigenvalue weighted by Crippen LogP contribution is -2.02. The normalized spacial score (nSPS) is 13.2. The van der Waals surface area contributed by atoms with Crippen molar-refractivity contribution in [3.8, 4) is 0 Å². The zero-order valence-electron chi connectivity index (χ0n) is 35.0. The largest absolute Gasteiger partial charge is 0.493 e. The van der Waals surface area contributed by atoms with Gasteiger partial charge in [0.15, 0.2) is 0 Å². The van der Waals surface area contributed by atoms with Crippen LogP contribution in [0.25, 0.3) is 16.9 Å². The second kappa shape index (κ2) is 30.8. The summed E-state index contributed by atoms with van der Waals surface area (Å²) < 4.78 is 1.52. The fourth-order valence-electron chi connectivity index (χ4n) is 8.50. The Bertz CT molecular complexity index is 1240. The standard InChI is InChI=1S/C51H82N2/c1-3-5-7-9-10-11-12-13-14-15-16-17-18-19-20-21-22-23-24-25-26-27-28-29-30-31-39-45-49-48(44-38-8-6-4-2)50(46-40-34-32-35-41-46)53(52)51(49)47-42-36-33-37-43-47/h32-37,40-43H,3-31,38-39,44-45H2,1-2H3. The van der Waals surface area contributed by atoms with Crippen LogP contribution in [0, 0.1) is 0 Å². The Kier molecular flexibility index (Phi) is 26.1. The van der Waals surface area contributed by atoms with Crippen molar-refractivity contribution in [1.29, 1.82) is 0 Å². The Morgan fingerprint density at radius 3 is 0.811 bits per heavy atom. The van der Waals surface area contributed by atoms with Crippen molar-refractivity contribution in [2.45, 2.75) is 226 Å². The molecule has 0 aromatic heterocycles. The van der Waals surface area contributed by atoms with Gasteiger partial charge in [0.2, 0.25) is 11.4 Å². The highest BCUT2D eigenvalue weighted by atomic mass is 15.2. The monoisotopic (exact) mass is 723 g/mol. The van der Waals surface area contributed by atoms with Gasteiger partial charge in [-0.2, -0.15) is 0 Å². The van der Waals surface area contributed by atoms with Gasteiger partial charge in [0, 0.05) is 22.3 Å². The van der Waals surface area contributed by atoms with E-state index in [2.05, 4.69) is 74.5 Å². The minimum absolute atomic E-state index is 1.00. The second-order valence-electron chi connectivity index (χ2n) is 16.5. The summed E-state index contributed by atoms with van der Waals surface area (Å²) in [4.78, 5) is 0. The van der Waals surface area contributed by atoms with Gasteiger partial charge in [-0.25, -0.2) is 4.70 Å². The maximum absolute atomic E-state index is 11.7. The summed E-state index contributed by atoms with van der Waals surface area (Å²) >= 11 is 0. The Morgan fingerprint density at radius 1 is 0.321 bits per heavy atom. The molecular weight excluding hydrogens is 641 g/mol. The van der Waals surface area contributed by atoms with E-state index in [0.29, 0.717) is 0 Å². The first-order valence-electron chi connectivity index (χ1n) is 23.3. The lowest BCUT2D eigenvalue weighted by Gasteiger charge is -2.09. The van der Waals surface area contributed by atoms with E-state index in [9.17, 15) is 5.53 Å². The summed E-state index contributed by atoms with van der Waals surface area (Å²) in [7, 11) is 0. The van der Waals surface area contributed by atoms with E-state index in [0.717, 1.165) is 35.4 Å². The minimum atomic E-state index is 1.00. The third kappa shape index (κ3) is 19.1. The molecule has 3 rings (SSSR count). The van der Waals surface area contributed by atoms with E-state index >= 15 is 0 Å². The second-order valence-corrected chi connectivity index (χ2v) is 16.5. The number of rotatable bonds is 35. The summed E-state index contributed by atoms with van der Waals surface area (Å²) in [5.41, 5.74) is 18.7. The fraction of sp³-hybridized carbons (Fsp3) is 0.686. The molecule has 0 saturated carbocycles. The summed E-state index contributed by atoms with van der Waals surface area (Å²) in [6.07, 6.45) is 45.6. The predicted molar refractivity (Wildman–Crippen MR) is 234 cm³/mol. The third-order valence-electron chi connectivity index (χ3n) is 11.8. The van der Waals surface area contributed by atoms with Crippen LogP contribution in [0.2, 0.25) is 0 Å². The van der Waals surface area contributed by atoms with Crippen LogP contribution in [0.1, 0.15) is 237 Å². The first kappa shape index (κ1) is 44.9. The summed E-state index contributed by atoms with van der Waals surface area (Å²) in [6.45, 7) is 4.59. The van der Waals surface area contributed by atoms with Gasteiger partial charge in [-0.1, -0.05) is 236 Å². The number of hydrogen-bond donors (Lipinski definition) is 0. The SMILES string of the molecule is CCCCCCCCCCCCCCCCCCCCCCCCCCCCCC1=C(c2ccccc2)[N+](=[N-])C(c2ccccc2)=C1CCCCCC. The van der Waals surface area contributed by atoms with Crippen molar-refractivity contribution in [3.63, 3.8) is 0 Å². The number of hydrogen-bond acceptors (Lipinski definition) is 0. The zero-order chi connectivity index (χ0) is 37.4. The van der Waals surface area contributed by atoms with E-state index in [1.54, 1.807) is 0 Å². The lowest BCUT2D eigenvalue weighted by molar-refractivity contribution is -0.345. The van der Waals surface area contributed by atoms with E-state index in [1.807, 2.05) is 0 Å². The van der Waals surface area contributed by atoms with Gasteiger partial charge >= 0.3 is 0 Å². The average molecular weight is 723 g/mol. The molecule has 0 saturated heterocycles. The molecule has 1 aliphatic rings. The Labute approximate surface area is 329 Å². The molecule has 0 spiro atoms. The molecule has 0 atom stereocenters. The fourth-order valence-corrected chi connectivity index (χ4v) is 8.50. The number of nitrogens with zero attached hydrogens (tertiary/aromatic N) is 2. The molecule has 0 aliphatic carbocycles. The van der Waals surface area contributed by atoms with Crippen molar-refractivity contribution in [3.05, 3.63) is 88.5 Å². The lowest BCUT2D eigenvalue weighted by atomic mass is 9.91. The smallest absolute Gasteiger partial charge is 0.211 e. The van der Waals surface area contributed by atoms with E-state index in [-0.39, 0.29) is 0 Å². The number of unbranched alkanes of at least 4 members (excludes halogenated alkanes) is 29. The minimum Gasteiger partial charge on any atom is -0.493 e. The molecule has 0 fully saturated rings. The van der Waals surface area contributed by atoms with Crippen LogP contribution in [0.4, 0.5) is 0 Å². The van der Waals surface area contributed by atoms with Crippen LogP contribution in [0.3, 0.4) is 0 Å². The topological polar surface area (TPSA) is 25.3 Å². The van der Waals surface area contributed by atoms with Crippen LogP contribution >= 0.6 is 0 Å². The molecule has 0 radical (unpaired) electrons. The summed E-state index contributed by atoms with van der Waals surface area (Å²) in [5, 5.41) is 0. The van der Waals surface area contributed by atoms with Crippen molar-refractivity contribution < 1.29 is 4.70 Å². The molecule has 0 unspecified atom stereocenters. The molecule has 0 amide bonds. The van der Waals surface area contributed by atoms with Crippen molar-refractivity contribution in [1.82, 2.24) is 0 Å². The Balaban J connectivity index is 1.21. The van der Waals surface area contributed by atoms with Gasteiger partial charge in [0.1, 0.15) is 0 Å². The molecular formula is C51H82N2. The van der Waals surface area contributed by atoms with Crippen molar-refractivity contribution in [2.75, 3.05) is 0 Å². The third-order valence-corrected chi connectivity index (χ3v) is 11.8. The maximum Gasteiger partial charge on any atom is 0.211 e. The molecule has 0 bridgehead atoms. The van der Waals surface area contributed by atoms with Crippen LogP contribution in [-0.2, 0) is 0 Å². The van der Waals surface area contributed by atoms with Crippen LogP contribution in [-0.4, -0.2) is 4.70 Å². The van der Waals surface area contributed by atoms with Crippen molar-refractivity contribution >= 4 is 11.4 Å². The van der Waals surface area contributed by atoms with Crippen LogP contribution in [0.5, 0.6) is 0 Å². The molecule has 1 heterocycles. The molecule has 1 aliphatic heterocycles. The van der Waals surface area contributed by atoms with E-state index in [4.69, 9.17) is 0 Å². The molecule has 53 heavy (non-hydrogen) atoms. The van der Waals surface area contributed by atoms with E-state index in [1.165, 1.54) is 215 Å². The van der Waals surface area contributed by atoms with E-state index < -0.39 is 0 Å². The molecule has 2 nitrogen and oxygen atoms in total. The van der Waals surface area contributed by atoms with Gasteiger partial charge < -0.3 is 5.53 Å². The first-order valence-corrected chi connectivity index (χ1v) is 23.3. The van der Waals surface area contributed by atoms with Crippen LogP contribution < -0.4 is 0 Å². The average Bonchev–Trinajstić information content (AvgIpc) is 3.46. The molecule has 2 aromatic rings. The first-order chi connectivity index (χ1) is 26.3. The molecule has 296 valence electrons. The zero-order valence-corrected chi connectivity index (χ0v) is 35.0. The maximum atomic E-state index is 11.7. The number of benzene rings is 2. The van der Waals surface area contributed by atoms with Gasteiger partial charge in [0.25, 0.3) is 0 Å². The molecule has 2 heteroatoms. The van der Waals surface area contributed by atoms with Crippen LogP contribution in [0.15, 0.2) is 71.8 Å². The molecule has 2 aromatic carbocycles. The van der Waals surface area contributed by atoms with Gasteiger partial charge in [-0.15, -0.1) is 0 Å². The Hall–Kier alpha value is -2.48. The highest BCUT2D eigenvalue weighted by molar-refractivity contribution is 5.81. The molecule has 0 N–H and O–H groups in total. The quantitative estimate of drug-likeness (QED) is 0.0500. The highest BCUT2D eigenvalue weighted by Crippen LogP contribution is 2.44. The summed E-state index contributed by atoms with van der Waals surface area (Å²) in [5.74, 6) is 0. The Morgan fingerprint density at radius 2 is 0.547 bits per heavy atom.